The van der Waals surface area contributed by atoms with Crippen molar-refractivity contribution in [3.63, 3.8) is 0 Å². The van der Waals surface area contributed by atoms with E-state index in [0.29, 0.717) is 6.61 Å². The van der Waals surface area contributed by atoms with Crippen LogP contribution in [0.3, 0.4) is 0 Å². The second kappa shape index (κ2) is 4.06. The van der Waals surface area contributed by atoms with Gasteiger partial charge in [0, 0.05) is 18.2 Å². The molecule has 5 nitrogen and oxygen atoms in total. The quantitative estimate of drug-likeness (QED) is 0.475. The number of hydrogen-bond acceptors (Lipinski definition) is 3. The zero-order valence-electron chi connectivity index (χ0n) is 6.91. The van der Waals surface area contributed by atoms with Gasteiger partial charge in [0.1, 0.15) is 0 Å². The lowest BCUT2D eigenvalue weighted by Crippen LogP contribution is -2.20. The summed E-state index contributed by atoms with van der Waals surface area (Å²) >= 11 is 0. The van der Waals surface area contributed by atoms with E-state index in [4.69, 9.17) is 9.84 Å². The molecule has 0 aromatic heterocycles. The van der Waals surface area contributed by atoms with Gasteiger partial charge in [0.2, 0.25) is 0 Å². The van der Waals surface area contributed by atoms with Gasteiger partial charge < -0.3 is 9.84 Å². The highest BCUT2D eigenvalue weighted by Crippen LogP contribution is 2.13. The summed E-state index contributed by atoms with van der Waals surface area (Å²) in [4.78, 5) is 10.1. The standard InChI is InChI=1S/C7H12N2O3/c1-5(8-9-7(10)11)6-2-3-12-4-6/h6,9H,2-4H2,1H3,(H,10,11). The van der Waals surface area contributed by atoms with Crippen molar-refractivity contribution < 1.29 is 14.6 Å². The van der Waals surface area contributed by atoms with Crippen molar-refractivity contribution in [2.75, 3.05) is 13.2 Å². The summed E-state index contributed by atoms with van der Waals surface area (Å²) in [5, 5.41) is 11.9. The smallest absolute Gasteiger partial charge is 0.425 e. The molecule has 1 heterocycles. The molecule has 0 radical (unpaired) electrons. The van der Waals surface area contributed by atoms with Gasteiger partial charge in [-0.05, 0) is 13.3 Å². The minimum absolute atomic E-state index is 0.275. The summed E-state index contributed by atoms with van der Waals surface area (Å²) in [7, 11) is 0. The molecular formula is C7H12N2O3. The summed E-state index contributed by atoms with van der Waals surface area (Å²) in [6.45, 7) is 3.19. The number of carboxylic acid groups (broad SMARTS) is 1. The number of nitrogens with zero attached hydrogens (tertiary/aromatic N) is 1. The van der Waals surface area contributed by atoms with Crippen molar-refractivity contribution in [3.05, 3.63) is 0 Å². The lowest BCUT2D eigenvalue weighted by Gasteiger charge is -2.05. The molecule has 0 spiro atoms. The lowest BCUT2D eigenvalue weighted by atomic mass is 10.0. The van der Waals surface area contributed by atoms with E-state index in [1.165, 1.54) is 0 Å². The molecular weight excluding hydrogens is 160 g/mol. The normalized spacial score (nSPS) is 24.1. The highest BCUT2D eigenvalue weighted by molar-refractivity contribution is 5.85. The fourth-order valence-electron chi connectivity index (χ4n) is 1.09. The Hall–Kier alpha value is -1.10. The zero-order chi connectivity index (χ0) is 8.97. The van der Waals surface area contributed by atoms with E-state index in [0.717, 1.165) is 18.7 Å². The Morgan fingerprint density at radius 1 is 1.75 bits per heavy atom. The van der Waals surface area contributed by atoms with E-state index in [-0.39, 0.29) is 5.92 Å². The van der Waals surface area contributed by atoms with Crippen molar-refractivity contribution in [1.29, 1.82) is 0 Å². The third-order valence-corrected chi connectivity index (χ3v) is 1.85. The van der Waals surface area contributed by atoms with Crippen molar-refractivity contribution in [3.8, 4) is 0 Å². The highest BCUT2D eigenvalue weighted by atomic mass is 16.5. The van der Waals surface area contributed by atoms with Gasteiger partial charge in [-0.3, -0.25) is 0 Å². The third kappa shape index (κ3) is 2.50. The van der Waals surface area contributed by atoms with E-state index >= 15 is 0 Å². The summed E-state index contributed by atoms with van der Waals surface area (Å²) in [6, 6.07) is 0. The largest absolute Gasteiger partial charge is 0.464 e. The number of hydrogen-bond donors (Lipinski definition) is 2. The molecule has 1 aliphatic heterocycles. The Morgan fingerprint density at radius 3 is 3.00 bits per heavy atom. The van der Waals surface area contributed by atoms with E-state index in [2.05, 4.69) is 5.10 Å². The average Bonchev–Trinajstić information content (AvgIpc) is 2.51. The molecule has 1 rings (SSSR count). The first-order valence-corrected chi connectivity index (χ1v) is 3.81. The van der Waals surface area contributed by atoms with Gasteiger partial charge in [-0.15, -0.1) is 0 Å². The molecule has 1 atom stereocenters. The molecule has 0 aliphatic carbocycles. The van der Waals surface area contributed by atoms with Crippen LogP contribution in [0.2, 0.25) is 0 Å². The van der Waals surface area contributed by atoms with Crippen molar-refractivity contribution in [2.24, 2.45) is 11.0 Å². The molecule has 1 saturated heterocycles. The number of rotatable bonds is 2. The Labute approximate surface area is 70.4 Å². The predicted octanol–water partition coefficient (Wildman–Crippen LogP) is 0.666. The topological polar surface area (TPSA) is 70.9 Å². The average molecular weight is 172 g/mol. The Balaban J connectivity index is 2.39. The minimum atomic E-state index is -1.13. The molecule has 1 unspecified atom stereocenters. The number of carbonyl (C=O) groups is 1. The van der Waals surface area contributed by atoms with Crippen molar-refractivity contribution in [2.45, 2.75) is 13.3 Å². The molecule has 1 aliphatic rings. The van der Waals surface area contributed by atoms with Gasteiger partial charge in [-0.25, -0.2) is 10.2 Å². The summed E-state index contributed by atoms with van der Waals surface area (Å²) in [5.74, 6) is 0.275. The van der Waals surface area contributed by atoms with Gasteiger partial charge in [0.05, 0.1) is 6.61 Å². The van der Waals surface area contributed by atoms with Crippen LogP contribution in [0.1, 0.15) is 13.3 Å². The van der Waals surface area contributed by atoms with Gasteiger partial charge in [0.15, 0.2) is 0 Å². The summed E-state index contributed by atoms with van der Waals surface area (Å²) in [6.07, 6.45) is -0.204. The minimum Gasteiger partial charge on any atom is -0.464 e. The van der Waals surface area contributed by atoms with Crippen LogP contribution < -0.4 is 5.43 Å². The van der Waals surface area contributed by atoms with E-state index < -0.39 is 6.09 Å². The van der Waals surface area contributed by atoms with Gasteiger partial charge >= 0.3 is 6.09 Å². The molecule has 1 fully saturated rings. The molecule has 5 heteroatoms. The van der Waals surface area contributed by atoms with Crippen LogP contribution in [0.15, 0.2) is 5.10 Å². The van der Waals surface area contributed by atoms with Crippen LogP contribution in [0, 0.1) is 5.92 Å². The van der Waals surface area contributed by atoms with Crippen LogP contribution in [0.25, 0.3) is 0 Å². The first-order chi connectivity index (χ1) is 5.70. The maximum Gasteiger partial charge on any atom is 0.425 e. The Kier molecular flexibility index (Phi) is 3.04. The van der Waals surface area contributed by atoms with Gasteiger partial charge in [-0.1, -0.05) is 0 Å². The van der Waals surface area contributed by atoms with Gasteiger partial charge in [-0.2, -0.15) is 5.10 Å². The molecule has 0 bridgehead atoms. The maximum absolute atomic E-state index is 10.1. The predicted molar refractivity (Wildman–Crippen MR) is 43.2 cm³/mol. The molecule has 68 valence electrons. The van der Waals surface area contributed by atoms with E-state index in [9.17, 15) is 4.79 Å². The molecule has 12 heavy (non-hydrogen) atoms. The number of amides is 1. The number of ether oxygens (including phenoxy) is 1. The lowest BCUT2D eigenvalue weighted by molar-refractivity contribution is 0.191. The second-order valence-electron chi connectivity index (χ2n) is 2.73. The number of nitrogens with one attached hydrogen (secondary N) is 1. The van der Waals surface area contributed by atoms with E-state index in [1.54, 1.807) is 6.92 Å². The fraction of sp³-hybridized carbons (Fsp3) is 0.714. The number of hydrazone groups is 1. The zero-order valence-corrected chi connectivity index (χ0v) is 6.91. The van der Waals surface area contributed by atoms with Gasteiger partial charge in [0.25, 0.3) is 0 Å². The molecule has 2 N–H and O–H groups in total. The van der Waals surface area contributed by atoms with Crippen molar-refractivity contribution in [1.82, 2.24) is 5.43 Å². The first kappa shape index (κ1) is 8.99. The molecule has 1 amide bonds. The molecule has 0 saturated carbocycles. The first-order valence-electron chi connectivity index (χ1n) is 3.81. The van der Waals surface area contributed by atoms with Crippen LogP contribution >= 0.6 is 0 Å². The monoisotopic (exact) mass is 172 g/mol. The Bertz CT molecular complexity index is 197. The third-order valence-electron chi connectivity index (χ3n) is 1.85. The maximum atomic E-state index is 10.1. The summed E-state index contributed by atoms with van der Waals surface area (Å²) < 4.78 is 5.13. The highest BCUT2D eigenvalue weighted by Gasteiger charge is 2.18. The van der Waals surface area contributed by atoms with Crippen molar-refractivity contribution >= 4 is 11.8 Å². The van der Waals surface area contributed by atoms with Crippen LogP contribution in [-0.4, -0.2) is 30.1 Å². The Morgan fingerprint density at radius 2 is 2.50 bits per heavy atom. The van der Waals surface area contributed by atoms with Crippen LogP contribution in [-0.2, 0) is 4.74 Å². The second-order valence-corrected chi connectivity index (χ2v) is 2.73. The van der Waals surface area contributed by atoms with E-state index in [1.807, 2.05) is 5.43 Å². The fourth-order valence-corrected chi connectivity index (χ4v) is 1.09. The molecule has 0 aromatic carbocycles. The molecule has 0 aromatic rings. The summed E-state index contributed by atoms with van der Waals surface area (Å²) in [5.41, 5.74) is 2.76. The van der Waals surface area contributed by atoms with Crippen LogP contribution in [0.4, 0.5) is 4.79 Å². The van der Waals surface area contributed by atoms with Crippen LogP contribution in [0.5, 0.6) is 0 Å². The SMILES string of the molecule is CC(=NNC(=O)O)C1CCOC1.